The standard InChI is InChI=1S/C14H14Br2N2O3/c1-8(3-4-17)12(14(20)21-2)18-13(19)9-5-10(15)7-11(16)6-9/h5-8,12H,3H2,1-2H3,(H,18,19)/t8-,12-/m1/s1. The molecule has 1 aromatic rings. The Bertz CT molecular complexity index is 564. The summed E-state index contributed by atoms with van der Waals surface area (Å²) in [7, 11) is 1.25. The topological polar surface area (TPSA) is 79.2 Å². The molecule has 7 heteroatoms. The van der Waals surface area contributed by atoms with Crippen LogP contribution in [0.3, 0.4) is 0 Å². The zero-order valence-corrected chi connectivity index (χ0v) is 14.7. The molecule has 0 saturated heterocycles. The fourth-order valence-electron chi connectivity index (χ4n) is 1.73. The number of amides is 1. The molecule has 0 bridgehead atoms. The molecule has 0 saturated carbocycles. The molecule has 0 radical (unpaired) electrons. The first-order valence-electron chi connectivity index (χ1n) is 6.10. The summed E-state index contributed by atoms with van der Waals surface area (Å²) in [5.41, 5.74) is 0.398. The van der Waals surface area contributed by atoms with Gasteiger partial charge in [0.25, 0.3) is 5.91 Å². The molecule has 0 spiro atoms. The van der Waals surface area contributed by atoms with Crippen LogP contribution in [0.15, 0.2) is 27.1 Å². The molecule has 1 N–H and O–H groups in total. The largest absolute Gasteiger partial charge is 0.467 e. The van der Waals surface area contributed by atoms with Crippen molar-refractivity contribution in [2.45, 2.75) is 19.4 Å². The molecule has 0 aromatic heterocycles. The summed E-state index contributed by atoms with van der Waals surface area (Å²) >= 11 is 6.60. The van der Waals surface area contributed by atoms with Crippen molar-refractivity contribution in [2.24, 2.45) is 5.92 Å². The van der Waals surface area contributed by atoms with Crippen molar-refractivity contribution in [1.29, 1.82) is 5.26 Å². The number of carbonyl (C=O) groups excluding carboxylic acids is 2. The molecule has 0 aliphatic heterocycles. The van der Waals surface area contributed by atoms with Gasteiger partial charge in [0, 0.05) is 26.8 Å². The third kappa shape index (κ3) is 5.14. The van der Waals surface area contributed by atoms with Gasteiger partial charge in [-0.1, -0.05) is 38.8 Å². The number of halogens is 2. The van der Waals surface area contributed by atoms with Gasteiger partial charge in [-0.25, -0.2) is 4.79 Å². The first-order chi connectivity index (χ1) is 9.88. The van der Waals surface area contributed by atoms with Gasteiger partial charge >= 0.3 is 5.97 Å². The summed E-state index contributed by atoms with van der Waals surface area (Å²) in [6.45, 7) is 1.71. The van der Waals surface area contributed by atoms with Crippen LogP contribution in [0.25, 0.3) is 0 Å². The minimum absolute atomic E-state index is 0.141. The number of methoxy groups -OCH3 is 1. The van der Waals surface area contributed by atoms with Gasteiger partial charge in [-0.05, 0) is 18.2 Å². The SMILES string of the molecule is COC(=O)[C@H](NC(=O)c1cc(Br)cc(Br)c1)[C@H](C)CC#N. The molecule has 0 heterocycles. The van der Waals surface area contributed by atoms with Gasteiger partial charge in [-0.15, -0.1) is 0 Å². The first kappa shape index (κ1) is 17.7. The van der Waals surface area contributed by atoms with Crippen LogP contribution in [0.1, 0.15) is 23.7 Å². The minimum atomic E-state index is -0.861. The Hall–Kier alpha value is -1.39. The lowest BCUT2D eigenvalue weighted by Crippen LogP contribution is -2.45. The second kappa shape index (κ2) is 8.15. The lowest BCUT2D eigenvalue weighted by atomic mass is 9.98. The molecule has 1 amide bonds. The quantitative estimate of drug-likeness (QED) is 0.746. The second-order valence-corrected chi connectivity index (χ2v) is 6.30. The van der Waals surface area contributed by atoms with E-state index in [-0.39, 0.29) is 12.3 Å². The number of nitrogens with one attached hydrogen (secondary N) is 1. The van der Waals surface area contributed by atoms with E-state index >= 15 is 0 Å². The van der Waals surface area contributed by atoms with E-state index in [1.54, 1.807) is 25.1 Å². The zero-order valence-electron chi connectivity index (χ0n) is 11.5. The van der Waals surface area contributed by atoms with Crippen LogP contribution < -0.4 is 5.32 Å². The van der Waals surface area contributed by atoms with Crippen molar-refractivity contribution in [2.75, 3.05) is 7.11 Å². The molecular weight excluding hydrogens is 404 g/mol. The molecule has 21 heavy (non-hydrogen) atoms. The third-order valence-corrected chi connectivity index (χ3v) is 3.76. The Kier molecular flexibility index (Phi) is 6.85. The van der Waals surface area contributed by atoms with Gasteiger partial charge in [0.05, 0.1) is 13.2 Å². The fourth-order valence-corrected chi connectivity index (χ4v) is 3.03. The number of hydrogen-bond acceptors (Lipinski definition) is 4. The smallest absolute Gasteiger partial charge is 0.328 e. The van der Waals surface area contributed by atoms with E-state index in [2.05, 4.69) is 41.9 Å². The predicted octanol–water partition coefficient (Wildman–Crippen LogP) is 3.03. The van der Waals surface area contributed by atoms with Gasteiger partial charge < -0.3 is 10.1 Å². The summed E-state index contributed by atoms with van der Waals surface area (Å²) in [4.78, 5) is 24.0. The molecule has 0 aliphatic rings. The molecule has 1 aromatic carbocycles. The Balaban J connectivity index is 2.95. The van der Waals surface area contributed by atoms with E-state index in [1.165, 1.54) is 7.11 Å². The van der Waals surface area contributed by atoms with Crippen molar-refractivity contribution in [3.05, 3.63) is 32.7 Å². The summed E-state index contributed by atoms with van der Waals surface area (Å²) < 4.78 is 6.16. The number of benzene rings is 1. The molecule has 1 rings (SSSR count). The highest BCUT2D eigenvalue weighted by Crippen LogP contribution is 2.20. The van der Waals surface area contributed by atoms with Crippen LogP contribution in [0, 0.1) is 17.2 Å². The molecule has 0 unspecified atom stereocenters. The van der Waals surface area contributed by atoms with Crippen molar-refractivity contribution in [1.82, 2.24) is 5.32 Å². The number of hydrogen-bond donors (Lipinski definition) is 1. The lowest BCUT2D eigenvalue weighted by molar-refractivity contribution is -0.144. The average Bonchev–Trinajstić information content (AvgIpc) is 2.42. The summed E-state index contributed by atoms with van der Waals surface area (Å²) in [5, 5.41) is 11.4. The van der Waals surface area contributed by atoms with E-state index in [4.69, 9.17) is 5.26 Å². The van der Waals surface area contributed by atoms with Gasteiger partial charge in [0.1, 0.15) is 6.04 Å². The van der Waals surface area contributed by atoms with Crippen LogP contribution >= 0.6 is 31.9 Å². The highest BCUT2D eigenvalue weighted by atomic mass is 79.9. The van der Waals surface area contributed by atoms with Gasteiger partial charge in [-0.2, -0.15) is 5.26 Å². The number of nitriles is 1. The maximum Gasteiger partial charge on any atom is 0.328 e. The van der Waals surface area contributed by atoms with Crippen LogP contribution in [0.5, 0.6) is 0 Å². The average molecular weight is 418 g/mol. The molecule has 0 aliphatic carbocycles. The van der Waals surface area contributed by atoms with Crippen molar-refractivity contribution in [3.63, 3.8) is 0 Å². The number of nitrogens with zero attached hydrogens (tertiary/aromatic N) is 1. The van der Waals surface area contributed by atoms with E-state index in [0.29, 0.717) is 5.56 Å². The highest BCUT2D eigenvalue weighted by molar-refractivity contribution is 9.11. The Labute approximate surface area is 139 Å². The summed E-state index contributed by atoms with van der Waals surface area (Å²) in [6, 6.07) is 6.21. The van der Waals surface area contributed by atoms with Gasteiger partial charge in [-0.3, -0.25) is 4.79 Å². The van der Waals surface area contributed by atoms with E-state index in [1.807, 2.05) is 6.07 Å². The Morgan fingerprint density at radius 2 is 1.90 bits per heavy atom. The molecule has 2 atom stereocenters. The maximum absolute atomic E-state index is 12.2. The van der Waals surface area contributed by atoms with E-state index < -0.39 is 17.9 Å². The normalized spacial score (nSPS) is 12.9. The number of carbonyl (C=O) groups is 2. The van der Waals surface area contributed by atoms with E-state index in [9.17, 15) is 9.59 Å². The maximum atomic E-state index is 12.2. The molecule has 5 nitrogen and oxygen atoms in total. The highest BCUT2D eigenvalue weighted by Gasteiger charge is 2.28. The predicted molar refractivity (Wildman–Crippen MR) is 84.5 cm³/mol. The summed E-state index contributed by atoms with van der Waals surface area (Å²) in [6.07, 6.45) is 0.141. The number of rotatable bonds is 5. The van der Waals surface area contributed by atoms with Crippen molar-refractivity contribution >= 4 is 43.7 Å². The van der Waals surface area contributed by atoms with Crippen molar-refractivity contribution < 1.29 is 14.3 Å². The van der Waals surface area contributed by atoms with Crippen molar-refractivity contribution in [3.8, 4) is 6.07 Å². The summed E-state index contributed by atoms with van der Waals surface area (Å²) in [5.74, 6) is -1.32. The lowest BCUT2D eigenvalue weighted by Gasteiger charge is -2.21. The van der Waals surface area contributed by atoms with Crippen LogP contribution in [-0.2, 0) is 9.53 Å². The zero-order chi connectivity index (χ0) is 16.0. The van der Waals surface area contributed by atoms with Crippen LogP contribution in [-0.4, -0.2) is 25.0 Å². The van der Waals surface area contributed by atoms with Gasteiger partial charge in [0.2, 0.25) is 0 Å². The Morgan fingerprint density at radius 3 is 2.38 bits per heavy atom. The number of ether oxygens (including phenoxy) is 1. The number of esters is 1. The monoisotopic (exact) mass is 416 g/mol. The second-order valence-electron chi connectivity index (χ2n) is 4.47. The molecule has 112 valence electrons. The Morgan fingerprint density at radius 1 is 1.33 bits per heavy atom. The minimum Gasteiger partial charge on any atom is -0.467 e. The van der Waals surface area contributed by atoms with Crippen LogP contribution in [0.4, 0.5) is 0 Å². The molecular formula is C14H14Br2N2O3. The van der Waals surface area contributed by atoms with E-state index in [0.717, 1.165) is 8.95 Å². The fraction of sp³-hybridized carbons (Fsp3) is 0.357. The molecule has 0 fully saturated rings. The van der Waals surface area contributed by atoms with Crippen LogP contribution in [0.2, 0.25) is 0 Å². The first-order valence-corrected chi connectivity index (χ1v) is 7.69. The third-order valence-electron chi connectivity index (χ3n) is 2.85. The van der Waals surface area contributed by atoms with Gasteiger partial charge in [0.15, 0.2) is 0 Å².